The number of hydrogen-bond acceptors (Lipinski definition) is 1. The molecule has 0 saturated carbocycles. The van der Waals surface area contributed by atoms with Crippen molar-refractivity contribution in [2.24, 2.45) is 0 Å². The molecule has 65 valence electrons. The standard InChI is InChI=1S/C10H8FN2/c1-8-6-7-12-13(8)10-4-2-9(11)3-5-10/h2-6H,1H3. The topological polar surface area (TPSA) is 17.8 Å². The van der Waals surface area contributed by atoms with Gasteiger partial charge in [0.25, 0.3) is 0 Å². The third-order valence-corrected chi connectivity index (χ3v) is 1.84. The maximum absolute atomic E-state index is 12.6. The third-order valence-electron chi connectivity index (χ3n) is 1.84. The Morgan fingerprint density at radius 1 is 1.31 bits per heavy atom. The number of benzene rings is 1. The van der Waals surface area contributed by atoms with Crippen LogP contribution >= 0.6 is 0 Å². The van der Waals surface area contributed by atoms with Gasteiger partial charge in [-0.3, -0.25) is 0 Å². The van der Waals surface area contributed by atoms with Gasteiger partial charge in [-0.25, -0.2) is 9.07 Å². The minimum Gasteiger partial charge on any atom is -0.237 e. The van der Waals surface area contributed by atoms with Gasteiger partial charge in [0.15, 0.2) is 0 Å². The van der Waals surface area contributed by atoms with E-state index in [0.29, 0.717) is 0 Å². The zero-order chi connectivity index (χ0) is 9.26. The molecule has 2 rings (SSSR count). The van der Waals surface area contributed by atoms with E-state index < -0.39 is 0 Å². The van der Waals surface area contributed by atoms with Crippen LogP contribution < -0.4 is 0 Å². The second kappa shape index (κ2) is 3.01. The second-order valence-corrected chi connectivity index (χ2v) is 2.80. The van der Waals surface area contributed by atoms with E-state index in [1.165, 1.54) is 12.1 Å². The second-order valence-electron chi connectivity index (χ2n) is 2.80. The Hall–Kier alpha value is -1.64. The van der Waals surface area contributed by atoms with E-state index in [9.17, 15) is 4.39 Å². The first-order valence-corrected chi connectivity index (χ1v) is 3.96. The summed E-state index contributed by atoms with van der Waals surface area (Å²) in [6.07, 6.45) is 2.73. The van der Waals surface area contributed by atoms with Gasteiger partial charge in [-0.1, -0.05) is 0 Å². The molecule has 1 heterocycles. The molecule has 0 saturated heterocycles. The molecule has 0 atom stereocenters. The zero-order valence-electron chi connectivity index (χ0n) is 7.16. The average molecular weight is 175 g/mol. The van der Waals surface area contributed by atoms with Gasteiger partial charge in [0.05, 0.1) is 5.69 Å². The fraction of sp³-hybridized carbons (Fsp3) is 0.100. The summed E-state index contributed by atoms with van der Waals surface area (Å²) in [6, 6.07) is 7.97. The van der Waals surface area contributed by atoms with Crippen LogP contribution in [0.2, 0.25) is 0 Å². The molecule has 3 heteroatoms. The number of halogens is 1. The first kappa shape index (κ1) is 7.98. The van der Waals surface area contributed by atoms with Gasteiger partial charge in [0.2, 0.25) is 0 Å². The number of aryl methyl sites for hydroxylation is 1. The highest BCUT2D eigenvalue weighted by Crippen LogP contribution is 2.09. The van der Waals surface area contributed by atoms with Crippen molar-refractivity contribution in [3.05, 3.63) is 48.0 Å². The largest absolute Gasteiger partial charge is 0.237 e. The molecule has 0 N–H and O–H groups in total. The van der Waals surface area contributed by atoms with Crippen LogP contribution in [0.15, 0.2) is 30.3 Å². The molecule has 0 amide bonds. The molecule has 1 radical (unpaired) electrons. The third kappa shape index (κ3) is 1.45. The molecule has 13 heavy (non-hydrogen) atoms. The quantitative estimate of drug-likeness (QED) is 0.649. The van der Waals surface area contributed by atoms with Crippen LogP contribution in [0, 0.1) is 18.9 Å². The van der Waals surface area contributed by atoms with Gasteiger partial charge < -0.3 is 0 Å². The Kier molecular flexibility index (Phi) is 1.85. The predicted octanol–water partition coefficient (Wildman–Crippen LogP) is 2.12. The molecule has 0 fully saturated rings. The van der Waals surface area contributed by atoms with E-state index in [4.69, 9.17) is 0 Å². The summed E-state index contributed by atoms with van der Waals surface area (Å²) >= 11 is 0. The van der Waals surface area contributed by atoms with Gasteiger partial charge in [-0.2, -0.15) is 5.10 Å². The first-order valence-electron chi connectivity index (χ1n) is 3.96. The van der Waals surface area contributed by atoms with Crippen molar-refractivity contribution in [1.29, 1.82) is 0 Å². The van der Waals surface area contributed by atoms with Crippen molar-refractivity contribution >= 4 is 0 Å². The Bertz CT molecular complexity index is 403. The fourth-order valence-electron chi connectivity index (χ4n) is 1.16. The molecule has 1 aromatic carbocycles. The molecule has 0 aliphatic rings. The minimum absolute atomic E-state index is 0.238. The molecule has 0 spiro atoms. The zero-order valence-corrected chi connectivity index (χ0v) is 7.16. The van der Waals surface area contributed by atoms with Crippen LogP contribution in [0.1, 0.15) is 5.69 Å². The molecule has 2 nitrogen and oxygen atoms in total. The van der Waals surface area contributed by atoms with E-state index in [1.807, 2.05) is 6.92 Å². The van der Waals surface area contributed by atoms with Crippen LogP contribution in [-0.2, 0) is 0 Å². The Morgan fingerprint density at radius 2 is 2.00 bits per heavy atom. The molecule has 0 unspecified atom stereocenters. The molecule has 0 aliphatic heterocycles. The highest BCUT2D eigenvalue weighted by molar-refractivity contribution is 5.32. The van der Waals surface area contributed by atoms with Crippen LogP contribution in [-0.4, -0.2) is 9.78 Å². The highest BCUT2D eigenvalue weighted by atomic mass is 19.1. The molecule has 1 aromatic heterocycles. The monoisotopic (exact) mass is 175 g/mol. The molecule has 0 aliphatic carbocycles. The summed E-state index contributed by atoms with van der Waals surface area (Å²) in [4.78, 5) is 0. The lowest BCUT2D eigenvalue weighted by atomic mass is 10.3. The van der Waals surface area contributed by atoms with Crippen LogP contribution in [0.5, 0.6) is 0 Å². The van der Waals surface area contributed by atoms with Crippen molar-refractivity contribution in [1.82, 2.24) is 9.78 Å². The summed E-state index contributed by atoms with van der Waals surface area (Å²) in [5.74, 6) is -0.238. The van der Waals surface area contributed by atoms with E-state index in [0.717, 1.165) is 11.4 Å². The SMILES string of the molecule is Cc1c[c]nn1-c1ccc(F)cc1. The molecule has 2 aromatic rings. The van der Waals surface area contributed by atoms with Crippen LogP contribution in [0.3, 0.4) is 0 Å². The van der Waals surface area contributed by atoms with E-state index >= 15 is 0 Å². The van der Waals surface area contributed by atoms with Crippen molar-refractivity contribution in [2.75, 3.05) is 0 Å². The highest BCUT2D eigenvalue weighted by Gasteiger charge is 1.99. The summed E-state index contributed by atoms with van der Waals surface area (Å²) in [5, 5.41) is 3.98. The summed E-state index contributed by atoms with van der Waals surface area (Å²) in [7, 11) is 0. The van der Waals surface area contributed by atoms with E-state index in [-0.39, 0.29) is 5.82 Å². The fourth-order valence-corrected chi connectivity index (χ4v) is 1.16. The lowest BCUT2D eigenvalue weighted by molar-refractivity contribution is 0.627. The minimum atomic E-state index is -0.238. The number of aromatic nitrogens is 2. The normalized spacial score (nSPS) is 10.3. The Morgan fingerprint density at radius 3 is 2.54 bits per heavy atom. The molecule has 0 bridgehead atoms. The average Bonchev–Trinajstić information content (AvgIpc) is 2.53. The van der Waals surface area contributed by atoms with Crippen molar-refractivity contribution in [3.8, 4) is 5.69 Å². The first-order chi connectivity index (χ1) is 6.27. The maximum atomic E-state index is 12.6. The molecular formula is C10H8FN2. The van der Waals surface area contributed by atoms with E-state index in [1.54, 1.807) is 22.9 Å². The number of nitrogens with zero attached hydrogens (tertiary/aromatic N) is 2. The smallest absolute Gasteiger partial charge is 0.123 e. The van der Waals surface area contributed by atoms with Crippen molar-refractivity contribution in [3.63, 3.8) is 0 Å². The number of hydrogen-bond donors (Lipinski definition) is 0. The van der Waals surface area contributed by atoms with Gasteiger partial charge in [0, 0.05) is 5.69 Å². The Labute approximate surface area is 75.6 Å². The lowest BCUT2D eigenvalue weighted by Crippen LogP contribution is -1.97. The maximum Gasteiger partial charge on any atom is 0.123 e. The molecular weight excluding hydrogens is 167 g/mol. The van der Waals surface area contributed by atoms with Gasteiger partial charge in [-0.15, -0.1) is 0 Å². The summed E-state index contributed by atoms with van der Waals surface area (Å²) in [6.45, 7) is 1.92. The predicted molar refractivity (Wildman–Crippen MR) is 47.1 cm³/mol. The van der Waals surface area contributed by atoms with Gasteiger partial charge in [-0.05, 0) is 37.3 Å². The summed E-state index contributed by atoms with van der Waals surface area (Å²) in [5.41, 5.74) is 1.83. The van der Waals surface area contributed by atoms with Gasteiger partial charge >= 0.3 is 0 Å². The van der Waals surface area contributed by atoms with Crippen molar-refractivity contribution in [2.45, 2.75) is 6.92 Å². The van der Waals surface area contributed by atoms with Crippen LogP contribution in [0.25, 0.3) is 5.69 Å². The Balaban J connectivity index is 2.47. The van der Waals surface area contributed by atoms with Crippen LogP contribution in [0.4, 0.5) is 4.39 Å². The lowest BCUT2D eigenvalue weighted by Gasteiger charge is -2.02. The van der Waals surface area contributed by atoms with E-state index in [2.05, 4.69) is 11.3 Å². The number of rotatable bonds is 1. The van der Waals surface area contributed by atoms with Crippen molar-refractivity contribution < 1.29 is 4.39 Å². The summed E-state index contributed by atoms with van der Waals surface area (Å²) < 4.78 is 14.3. The van der Waals surface area contributed by atoms with Gasteiger partial charge in [0.1, 0.15) is 12.0 Å².